The van der Waals surface area contributed by atoms with Crippen LogP contribution in [0.1, 0.15) is 25.0 Å². The number of hydrogen-bond donors (Lipinski definition) is 3. The Morgan fingerprint density at radius 1 is 1.07 bits per heavy atom. The van der Waals surface area contributed by atoms with Crippen molar-refractivity contribution in [3.8, 4) is 5.75 Å². The third-order valence-corrected chi connectivity index (χ3v) is 9.44. The Morgan fingerprint density at radius 2 is 1.67 bits per heavy atom. The zero-order chi connectivity index (χ0) is 33.8. The largest absolute Gasteiger partial charge is 0.488 e. The molecule has 3 amide bonds. The Balaban J connectivity index is 1.58. The third-order valence-electron chi connectivity index (χ3n) is 7.60. The van der Waals surface area contributed by atoms with Gasteiger partial charge < -0.3 is 25.4 Å². The van der Waals surface area contributed by atoms with E-state index in [4.69, 9.17) is 4.74 Å². The van der Waals surface area contributed by atoms with E-state index in [0.717, 1.165) is 52.8 Å². The van der Waals surface area contributed by atoms with Crippen molar-refractivity contribution < 1.29 is 45.4 Å². The molecule has 0 unspecified atom stereocenters. The lowest BCUT2D eigenvalue weighted by atomic mass is 10.0. The molecule has 3 N–H and O–H groups in total. The fourth-order valence-corrected chi connectivity index (χ4v) is 6.08. The molecule has 46 heavy (non-hydrogen) atoms. The molecule has 1 aliphatic rings. The van der Waals surface area contributed by atoms with E-state index in [-0.39, 0.29) is 54.0 Å². The van der Waals surface area contributed by atoms with Gasteiger partial charge in [-0.15, -0.1) is 0 Å². The van der Waals surface area contributed by atoms with Gasteiger partial charge in [0.05, 0.1) is 36.1 Å². The van der Waals surface area contributed by atoms with Crippen molar-refractivity contribution in [1.82, 2.24) is 9.21 Å². The summed E-state index contributed by atoms with van der Waals surface area (Å²) in [4.78, 5) is 27.5. The second-order valence-corrected chi connectivity index (χ2v) is 13.1. The summed E-state index contributed by atoms with van der Waals surface area (Å²) in [6.45, 7) is 3.16. The number of nitrogens with one attached hydrogen (secondary N) is 2. The number of aliphatic hydroxyl groups excluding tert-OH is 1. The van der Waals surface area contributed by atoms with E-state index in [0.29, 0.717) is 5.56 Å². The van der Waals surface area contributed by atoms with Crippen LogP contribution in [-0.2, 0) is 27.4 Å². The first kappa shape index (κ1) is 34.7. The summed E-state index contributed by atoms with van der Waals surface area (Å²) < 4.78 is 85.9. The minimum Gasteiger partial charge on any atom is -0.488 e. The van der Waals surface area contributed by atoms with Crippen LogP contribution in [0.5, 0.6) is 5.75 Å². The number of urea groups is 1. The summed E-state index contributed by atoms with van der Waals surface area (Å²) in [6, 6.07) is 11.6. The van der Waals surface area contributed by atoms with E-state index < -0.39 is 51.7 Å². The number of ether oxygens (including phenoxy) is 1. The van der Waals surface area contributed by atoms with Gasteiger partial charge in [-0.1, -0.05) is 6.92 Å². The van der Waals surface area contributed by atoms with Crippen LogP contribution < -0.4 is 15.4 Å². The minimum absolute atomic E-state index is 0.108. The number of likely N-dealkylation sites (N-methyl/N-ethyl adjacent to an activating group) is 1. The highest BCUT2D eigenvalue weighted by molar-refractivity contribution is 7.89. The Hall–Kier alpha value is -4.21. The van der Waals surface area contributed by atoms with E-state index >= 15 is 0 Å². The molecule has 0 saturated heterocycles. The van der Waals surface area contributed by atoms with Crippen molar-refractivity contribution in [2.45, 2.75) is 43.5 Å². The highest BCUT2D eigenvalue weighted by Crippen LogP contribution is 2.31. The topological polar surface area (TPSA) is 128 Å². The lowest BCUT2D eigenvalue weighted by Gasteiger charge is -2.33. The van der Waals surface area contributed by atoms with Crippen LogP contribution >= 0.6 is 0 Å². The zero-order valence-electron chi connectivity index (χ0n) is 25.2. The second kappa shape index (κ2) is 14.1. The van der Waals surface area contributed by atoms with E-state index in [2.05, 4.69) is 10.6 Å². The summed E-state index contributed by atoms with van der Waals surface area (Å²) >= 11 is 0. The van der Waals surface area contributed by atoms with E-state index in [1.54, 1.807) is 13.8 Å². The summed E-state index contributed by atoms with van der Waals surface area (Å²) in [5.41, 5.74) is -0.120. The molecule has 3 aromatic rings. The summed E-state index contributed by atoms with van der Waals surface area (Å²) in [6.07, 6.45) is -5.47. The smallest absolute Gasteiger partial charge is 0.416 e. The van der Waals surface area contributed by atoms with Gasteiger partial charge in [0.2, 0.25) is 15.9 Å². The SMILES string of the molecule is C[C@H]1CN([C@@H](C)CO)C(=O)Cc2cc(NC(=O)Nc3ccc(C(F)(F)F)cc3)ccc2O[C@H]1CN(C)S(=O)(=O)c1ccc(F)cc1. The summed E-state index contributed by atoms with van der Waals surface area (Å²) in [5.74, 6) is -1.07. The summed E-state index contributed by atoms with van der Waals surface area (Å²) in [7, 11) is -2.67. The number of benzene rings is 3. The highest BCUT2D eigenvalue weighted by Gasteiger charge is 2.34. The van der Waals surface area contributed by atoms with Crippen molar-refractivity contribution in [3.63, 3.8) is 0 Å². The molecule has 248 valence electrons. The Kier molecular flexibility index (Phi) is 10.6. The molecule has 0 spiro atoms. The van der Waals surface area contributed by atoms with Crippen LogP contribution in [0.2, 0.25) is 0 Å². The van der Waals surface area contributed by atoms with Crippen molar-refractivity contribution in [3.05, 3.63) is 83.7 Å². The number of hydrogen-bond acceptors (Lipinski definition) is 6. The summed E-state index contributed by atoms with van der Waals surface area (Å²) in [5, 5.41) is 14.9. The fourth-order valence-electron chi connectivity index (χ4n) is 4.90. The molecule has 10 nitrogen and oxygen atoms in total. The quantitative estimate of drug-likeness (QED) is 0.292. The molecular formula is C31H34F4N4O6S. The van der Waals surface area contributed by atoms with Gasteiger partial charge in [0.25, 0.3) is 0 Å². The molecule has 0 saturated carbocycles. The lowest BCUT2D eigenvalue weighted by Crippen LogP contribution is -2.48. The number of amides is 3. The highest BCUT2D eigenvalue weighted by atomic mass is 32.2. The maximum absolute atomic E-state index is 13.4. The van der Waals surface area contributed by atoms with E-state index in [1.807, 2.05) is 0 Å². The normalized spacial score (nSPS) is 18.1. The zero-order valence-corrected chi connectivity index (χ0v) is 26.0. The standard InChI is InChI=1S/C31H34F4N4O6S/c1-19-16-39(20(2)18-40)29(41)15-21-14-25(37-30(42)36-24-8-4-22(5-9-24)31(33,34)35)10-13-27(21)45-28(19)17-38(3)46(43,44)26-11-6-23(32)7-12-26/h4-14,19-20,28,40H,15-18H2,1-3H3,(H2,36,37,42)/t19-,20-,28-/m0/s1. The molecule has 0 aliphatic carbocycles. The van der Waals surface area contributed by atoms with Gasteiger partial charge in [0, 0.05) is 36.4 Å². The van der Waals surface area contributed by atoms with Gasteiger partial charge in [0.1, 0.15) is 17.7 Å². The molecule has 0 radical (unpaired) electrons. The predicted octanol–water partition coefficient (Wildman–Crippen LogP) is 4.96. The van der Waals surface area contributed by atoms with Crippen molar-refractivity contribution in [2.75, 3.05) is 37.4 Å². The molecular weight excluding hydrogens is 632 g/mol. The molecule has 4 rings (SSSR count). The molecule has 0 bridgehead atoms. The first-order chi connectivity index (χ1) is 21.6. The number of sulfonamides is 1. The Labute approximate surface area is 264 Å². The Bertz CT molecular complexity index is 1650. The minimum atomic E-state index is -4.52. The first-order valence-electron chi connectivity index (χ1n) is 14.3. The number of carbonyl (C=O) groups is 2. The van der Waals surface area contributed by atoms with Crippen LogP contribution in [0.4, 0.5) is 33.7 Å². The molecule has 1 heterocycles. The van der Waals surface area contributed by atoms with E-state index in [1.165, 1.54) is 30.1 Å². The number of halogens is 4. The van der Waals surface area contributed by atoms with Crippen molar-refractivity contribution in [2.24, 2.45) is 5.92 Å². The van der Waals surface area contributed by atoms with Crippen LogP contribution in [0.25, 0.3) is 0 Å². The molecule has 0 aromatic heterocycles. The predicted molar refractivity (Wildman–Crippen MR) is 162 cm³/mol. The number of rotatable bonds is 8. The number of carbonyl (C=O) groups excluding carboxylic acids is 2. The van der Waals surface area contributed by atoms with Crippen LogP contribution in [-0.4, -0.2) is 73.6 Å². The van der Waals surface area contributed by atoms with Crippen molar-refractivity contribution >= 4 is 33.3 Å². The number of nitrogens with zero attached hydrogens (tertiary/aromatic N) is 2. The third kappa shape index (κ3) is 8.33. The molecule has 3 aromatic carbocycles. The average Bonchev–Trinajstić information content (AvgIpc) is 3.04. The Morgan fingerprint density at radius 3 is 2.28 bits per heavy atom. The molecule has 15 heteroatoms. The van der Waals surface area contributed by atoms with E-state index in [9.17, 15) is 40.7 Å². The second-order valence-electron chi connectivity index (χ2n) is 11.1. The van der Waals surface area contributed by atoms with Crippen LogP contribution in [0, 0.1) is 11.7 Å². The van der Waals surface area contributed by atoms with Gasteiger partial charge in [0.15, 0.2) is 0 Å². The van der Waals surface area contributed by atoms with Gasteiger partial charge in [-0.05, 0) is 73.7 Å². The molecule has 1 aliphatic heterocycles. The maximum atomic E-state index is 13.4. The van der Waals surface area contributed by atoms with Gasteiger partial charge in [-0.3, -0.25) is 4.79 Å². The molecule has 3 atom stereocenters. The van der Waals surface area contributed by atoms with Crippen LogP contribution in [0.15, 0.2) is 71.6 Å². The molecule has 0 fully saturated rings. The lowest BCUT2D eigenvalue weighted by molar-refractivity contribution is -0.137. The number of aliphatic hydroxyl groups is 1. The number of fused-ring (bicyclic) bond motifs is 1. The number of alkyl halides is 3. The maximum Gasteiger partial charge on any atom is 0.416 e. The van der Waals surface area contributed by atoms with Crippen molar-refractivity contribution in [1.29, 1.82) is 0 Å². The monoisotopic (exact) mass is 666 g/mol. The fraction of sp³-hybridized carbons (Fsp3) is 0.355. The van der Waals surface area contributed by atoms with Gasteiger partial charge in [-0.25, -0.2) is 17.6 Å². The van der Waals surface area contributed by atoms with Gasteiger partial charge in [-0.2, -0.15) is 17.5 Å². The van der Waals surface area contributed by atoms with Crippen LogP contribution in [0.3, 0.4) is 0 Å². The average molecular weight is 667 g/mol. The number of anilines is 2. The van der Waals surface area contributed by atoms with Gasteiger partial charge >= 0.3 is 12.2 Å². The first-order valence-corrected chi connectivity index (χ1v) is 15.7.